The maximum Gasteiger partial charge on any atom is 0.238 e. The Hall–Kier alpha value is -7.94. The van der Waals surface area contributed by atoms with Crippen LogP contribution in [0.2, 0.25) is 0 Å². The third kappa shape index (κ3) is 4.88. The molecule has 0 amide bonds. The third-order valence-electron chi connectivity index (χ3n) is 11.6. The normalized spacial score (nSPS) is 12.0. The number of nitrogens with zero attached hydrogens (tertiary/aromatic N) is 6. The quantitative estimate of drug-likeness (QED) is 0.174. The van der Waals surface area contributed by atoms with E-state index in [1.807, 2.05) is 54.6 Å². The highest BCUT2D eigenvalue weighted by molar-refractivity contribution is 7.22. The summed E-state index contributed by atoms with van der Waals surface area (Å²) in [6.45, 7) is 0. The zero-order valence-corrected chi connectivity index (χ0v) is 32.6. The molecule has 280 valence electrons. The van der Waals surface area contributed by atoms with Gasteiger partial charge >= 0.3 is 0 Å². The van der Waals surface area contributed by atoms with Crippen molar-refractivity contribution in [2.24, 2.45) is 0 Å². The number of aromatic nitrogens is 6. The number of thiazole rings is 1. The monoisotopic (exact) mass is 786 g/mol. The molecule has 60 heavy (non-hydrogen) atoms. The summed E-state index contributed by atoms with van der Waals surface area (Å²) in [5.74, 6) is 1.66. The molecular weight excluding hydrogens is 757 g/mol. The van der Waals surface area contributed by atoms with Crippen molar-refractivity contribution in [2.75, 3.05) is 0 Å². The van der Waals surface area contributed by atoms with Gasteiger partial charge in [0.05, 0.1) is 32.3 Å². The maximum absolute atomic E-state index is 6.25. The lowest BCUT2D eigenvalue weighted by Crippen LogP contribution is -2.07. The Kier molecular flexibility index (Phi) is 7.05. The predicted molar refractivity (Wildman–Crippen MR) is 245 cm³/mol. The smallest absolute Gasteiger partial charge is 0.238 e. The van der Waals surface area contributed by atoms with Crippen LogP contribution in [0.4, 0.5) is 0 Å². The molecule has 13 rings (SSSR count). The second kappa shape index (κ2) is 12.8. The van der Waals surface area contributed by atoms with Gasteiger partial charge in [0, 0.05) is 54.7 Å². The number of rotatable bonds is 5. The van der Waals surface area contributed by atoms with E-state index in [1.165, 1.54) is 5.39 Å². The largest absolute Gasteiger partial charge is 0.456 e. The van der Waals surface area contributed by atoms with Crippen LogP contribution in [0.1, 0.15) is 0 Å². The van der Waals surface area contributed by atoms with Crippen molar-refractivity contribution in [2.45, 2.75) is 0 Å². The molecule has 0 aliphatic heterocycles. The minimum absolute atomic E-state index is 0.528. The average Bonchev–Trinajstić information content (AvgIpc) is 4.08. The maximum atomic E-state index is 6.25. The van der Waals surface area contributed by atoms with Gasteiger partial charge in [0.15, 0.2) is 11.6 Å². The Morgan fingerprint density at radius 2 is 1.05 bits per heavy atom. The van der Waals surface area contributed by atoms with Gasteiger partial charge in [-0.1, -0.05) is 121 Å². The first-order valence-electron chi connectivity index (χ1n) is 19.9. The minimum atomic E-state index is 0.528. The second-order valence-electron chi connectivity index (χ2n) is 15.0. The van der Waals surface area contributed by atoms with Gasteiger partial charge < -0.3 is 8.98 Å². The molecule has 8 aromatic carbocycles. The van der Waals surface area contributed by atoms with E-state index < -0.39 is 0 Å². The van der Waals surface area contributed by atoms with Crippen molar-refractivity contribution in [1.82, 2.24) is 29.1 Å². The summed E-state index contributed by atoms with van der Waals surface area (Å²) in [5.41, 5.74) is 10.7. The van der Waals surface area contributed by atoms with E-state index in [0.29, 0.717) is 17.6 Å². The topological polar surface area (TPSA) is 74.6 Å². The van der Waals surface area contributed by atoms with Crippen molar-refractivity contribution in [1.29, 1.82) is 0 Å². The van der Waals surface area contributed by atoms with Gasteiger partial charge in [-0.15, -0.1) is 11.3 Å². The van der Waals surface area contributed by atoms with E-state index in [-0.39, 0.29) is 0 Å². The van der Waals surface area contributed by atoms with Gasteiger partial charge in [-0.05, 0) is 60.7 Å². The van der Waals surface area contributed by atoms with Crippen molar-refractivity contribution < 1.29 is 4.42 Å². The molecule has 5 heterocycles. The molecule has 0 saturated heterocycles. The molecule has 0 spiro atoms. The minimum Gasteiger partial charge on any atom is -0.456 e. The zero-order valence-electron chi connectivity index (χ0n) is 31.8. The molecule has 0 unspecified atom stereocenters. The van der Waals surface area contributed by atoms with Crippen LogP contribution in [0, 0.1) is 0 Å². The first-order valence-corrected chi connectivity index (χ1v) is 20.7. The summed E-state index contributed by atoms with van der Waals surface area (Å²) in [7, 11) is 0. The van der Waals surface area contributed by atoms with Gasteiger partial charge in [0.1, 0.15) is 16.2 Å². The fourth-order valence-electron chi connectivity index (χ4n) is 8.96. The molecule has 0 atom stereocenters. The summed E-state index contributed by atoms with van der Waals surface area (Å²) in [4.78, 5) is 21.3. The summed E-state index contributed by atoms with van der Waals surface area (Å²) < 4.78 is 11.9. The number of hydrogen-bond acceptors (Lipinski definition) is 6. The molecule has 0 aliphatic rings. The van der Waals surface area contributed by atoms with Crippen LogP contribution in [-0.2, 0) is 0 Å². The first-order chi connectivity index (χ1) is 29.7. The summed E-state index contributed by atoms with van der Waals surface area (Å²) in [5, 5.41) is 7.57. The lowest BCUT2D eigenvalue weighted by molar-refractivity contribution is 0.669. The molecule has 0 aliphatic carbocycles. The lowest BCUT2D eigenvalue weighted by Gasteiger charge is -2.13. The number of fused-ring (bicyclic) bond motifs is 11. The molecule has 8 heteroatoms. The molecule has 5 aromatic heterocycles. The Morgan fingerprint density at radius 1 is 0.417 bits per heavy atom. The zero-order chi connectivity index (χ0) is 39.3. The molecule has 0 fully saturated rings. The number of benzene rings is 8. The van der Waals surface area contributed by atoms with Crippen LogP contribution in [-0.4, -0.2) is 29.1 Å². The van der Waals surface area contributed by atoms with Crippen molar-refractivity contribution in [3.8, 4) is 45.0 Å². The van der Waals surface area contributed by atoms with Gasteiger partial charge in [-0.3, -0.25) is 4.57 Å². The SMILES string of the molecule is c1ccc(-c2nc3cccc(-c4nc(-c5ccc6oc7ccccc7c6c5)nc(-n5c6ccccc6c6ccc7c8ccccc8n(-c8ccccc8)c7c65)n4)c3s2)cc1. The van der Waals surface area contributed by atoms with Crippen molar-refractivity contribution in [3.63, 3.8) is 0 Å². The van der Waals surface area contributed by atoms with Gasteiger partial charge in [-0.25, -0.2) is 9.97 Å². The molecular formula is C52H30N6OS. The van der Waals surface area contributed by atoms with E-state index in [1.54, 1.807) is 11.3 Å². The first kappa shape index (κ1) is 33.1. The summed E-state index contributed by atoms with van der Waals surface area (Å²) >= 11 is 1.66. The molecule has 7 nitrogen and oxygen atoms in total. The van der Waals surface area contributed by atoms with E-state index in [0.717, 1.165) is 97.8 Å². The summed E-state index contributed by atoms with van der Waals surface area (Å²) in [6, 6.07) is 63.2. The Bertz CT molecular complexity index is 3840. The highest BCUT2D eigenvalue weighted by Gasteiger charge is 2.24. The number of para-hydroxylation sites is 4. The van der Waals surface area contributed by atoms with Crippen molar-refractivity contribution >= 4 is 87.1 Å². The highest BCUT2D eigenvalue weighted by Crippen LogP contribution is 2.43. The predicted octanol–water partition coefficient (Wildman–Crippen LogP) is 13.6. The molecule has 13 aromatic rings. The van der Waals surface area contributed by atoms with E-state index >= 15 is 0 Å². The number of hydrogen-bond donors (Lipinski definition) is 0. The molecule has 0 radical (unpaired) electrons. The summed E-state index contributed by atoms with van der Waals surface area (Å²) in [6.07, 6.45) is 0. The van der Waals surface area contributed by atoms with E-state index in [9.17, 15) is 0 Å². The van der Waals surface area contributed by atoms with Crippen LogP contribution in [0.25, 0.3) is 121 Å². The molecule has 0 saturated carbocycles. The Balaban J connectivity index is 1.15. The fraction of sp³-hybridized carbons (Fsp3) is 0. The fourth-order valence-corrected chi connectivity index (χ4v) is 10.0. The van der Waals surface area contributed by atoms with Crippen LogP contribution < -0.4 is 0 Å². The van der Waals surface area contributed by atoms with Gasteiger partial charge in [0.2, 0.25) is 5.95 Å². The Morgan fingerprint density at radius 3 is 1.83 bits per heavy atom. The highest BCUT2D eigenvalue weighted by atomic mass is 32.1. The third-order valence-corrected chi connectivity index (χ3v) is 12.8. The van der Waals surface area contributed by atoms with Gasteiger partial charge in [0.25, 0.3) is 0 Å². The standard InChI is InChI=1S/C52H30N6OS/c1-3-14-31(15-4-1)51-53-41-22-13-21-39(48(41)60-51)50-54-49(32-26-29-45-40(30-32)36-20-9-12-25-44(36)59-45)55-52(56-50)58-43-24-11-8-19-35(43)38-28-27-37-34-18-7-10-23-42(34)57(46(37)47(38)58)33-16-5-2-6-17-33/h1-30H. The van der Waals surface area contributed by atoms with E-state index in [2.05, 4.69) is 137 Å². The van der Waals surface area contributed by atoms with Crippen LogP contribution in [0.15, 0.2) is 186 Å². The lowest BCUT2D eigenvalue weighted by atomic mass is 10.1. The van der Waals surface area contributed by atoms with Crippen LogP contribution in [0.3, 0.4) is 0 Å². The number of furan rings is 1. The van der Waals surface area contributed by atoms with Crippen molar-refractivity contribution in [3.05, 3.63) is 182 Å². The molecule has 0 bridgehead atoms. The van der Waals surface area contributed by atoms with Crippen LogP contribution >= 0.6 is 11.3 Å². The van der Waals surface area contributed by atoms with E-state index in [4.69, 9.17) is 24.4 Å². The van der Waals surface area contributed by atoms with Crippen LogP contribution in [0.5, 0.6) is 0 Å². The average molecular weight is 787 g/mol. The van der Waals surface area contributed by atoms with Gasteiger partial charge in [-0.2, -0.15) is 9.97 Å². The second-order valence-corrected chi connectivity index (χ2v) is 16.0. The molecule has 0 N–H and O–H groups in total. The Labute approximate surface area is 346 Å².